The molecule has 3 aromatic rings. The molecule has 26 heavy (non-hydrogen) atoms. The van der Waals surface area contributed by atoms with Crippen molar-refractivity contribution in [3.8, 4) is 17.1 Å². The molecular weight excluding hydrogens is 517 g/mol. The van der Waals surface area contributed by atoms with Crippen LogP contribution in [-0.2, 0) is 20.1 Å². The molecule has 3 rings (SSSR count). The van der Waals surface area contributed by atoms with Crippen LogP contribution in [-0.4, -0.2) is 33.1 Å². The van der Waals surface area contributed by atoms with Gasteiger partial charge < -0.3 is 9.84 Å². The van der Waals surface area contributed by atoms with E-state index in [-0.39, 0.29) is 31.6 Å². The van der Waals surface area contributed by atoms with Crippen molar-refractivity contribution in [1.82, 2.24) is 15.0 Å². The van der Waals surface area contributed by atoms with E-state index in [1.165, 1.54) is 31.5 Å². The van der Waals surface area contributed by atoms with E-state index >= 15 is 0 Å². The molecular formula is C18H15FIrN3O3-. The molecule has 0 aliphatic heterocycles. The van der Waals surface area contributed by atoms with Gasteiger partial charge in [0.25, 0.3) is 0 Å². The number of pyridine rings is 1. The first-order chi connectivity index (χ1) is 12.0. The van der Waals surface area contributed by atoms with E-state index < -0.39 is 5.97 Å². The first kappa shape index (κ1) is 21.3. The van der Waals surface area contributed by atoms with Gasteiger partial charge in [-0.2, -0.15) is 0 Å². The van der Waals surface area contributed by atoms with Crippen LogP contribution in [0.5, 0.6) is 5.88 Å². The number of carboxylic acids is 1. The maximum atomic E-state index is 12.8. The minimum absolute atomic E-state index is 0. The van der Waals surface area contributed by atoms with Crippen LogP contribution >= 0.6 is 0 Å². The number of carbonyl (C=O) groups is 1. The largest absolute Gasteiger partial charge is 0.486 e. The molecule has 137 valence electrons. The Kier molecular flexibility index (Phi) is 8.48. The molecule has 0 atom stereocenters. The normalized spacial score (nSPS) is 9.35. The van der Waals surface area contributed by atoms with Gasteiger partial charge in [-0.15, -0.1) is 29.8 Å². The Morgan fingerprint density at radius 3 is 2.50 bits per heavy atom. The van der Waals surface area contributed by atoms with Crippen molar-refractivity contribution in [2.24, 2.45) is 0 Å². The fourth-order valence-corrected chi connectivity index (χ4v) is 1.82. The molecule has 2 aromatic heterocycles. The van der Waals surface area contributed by atoms with Gasteiger partial charge in [-0.25, -0.2) is 14.8 Å². The zero-order valence-electron chi connectivity index (χ0n) is 13.9. The number of rotatable bonds is 3. The quantitative estimate of drug-likeness (QED) is 0.522. The molecule has 0 amide bonds. The minimum atomic E-state index is -0.990. The fourth-order valence-electron chi connectivity index (χ4n) is 1.82. The molecule has 1 radical (unpaired) electrons. The third kappa shape index (κ3) is 5.98. The standard InChI is InChI=1S/C12H10FN2O.C6H5NO2.Ir/c1-8-7-14-11(12(15-8)16-2)9-3-5-10(13)6-4-9;8-6(9)5-3-1-2-4-7-5;/h3,5-7H,1-2H3;1-4H,(H,8,9);/q-1;;. The molecule has 0 unspecified atom stereocenters. The number of hydrogen-bond donors (Lipinski definition) is 1. The summed E-state index contributed by atoms with van der Waals surface area (Å²) in [5.41, 5.74) is 2.07. The van der Waals surface area contributed by atoms with Crippen molar-refractivity contribution in [3.63, 3.8) is 0 Å². The number of carboxylic acid groups (broad SMARTS) is 1. The smallest absolute Gasteiger partial charge is 0.354 e. The molecule has 1 N–H and O–H groups in total. The Morgan fingerprint density at radius 2 is 2.00 bits per heavy atom. The number of aryl methyl sites for hydroxylation is 1. The van der Waals surface area contributed by atoms with Gasteiger partial charge in [-0.3, -0.25) is 9.37 Å². The molecule has 2 heterocycles. The molecule has 8 heteroatoms. The second-order valence-electron chi connectivity index (χ2n) is 4.81. The van der Waals surface area contributed by atoms with Gasteiger partial charge in [0.05, 0.1) is 12.8 Å². The topological polar surface area (TPSA) is 85.2 Å². The van der Waals surface area contributed by atoms with Crippen molar-refractivity contribution in [2.75, 3.05) is 7.11 Å². The van der Waals surface area contributed by atoms with Gasteiger partial charge in [-0.1, -0.05) is 6.07 Å². The fraction of sp³-hybridized carbons (Fsp3) is 0.111. The number of aromatic nitrogens is 3. The Hall–Kier alpha value is -2.70. The molecule has 0 aliphatic carbocycles. The van der Waals surface area contributed by atoms with Crippen LogP contribution in [0.2, 0.25) is 0 Å². The van der Waals surface area contributed by atoms with Crippen LogP contribution in [0.1, 0.15) is 16.2 Å². The van der Waals surface area contributed by atoms with Gasteiger partial charge in [-0.05, 0) is 19.1 Å². The maximum Gasteiger partial charge on any atom is 0.354 e. The van der Waals surface area contributed by atoms with E-state index in [0.717, 1.165) is 5.69 Å². The number of benzene rings is 1. The number of aromatic carboxylic acids is 1. The summed E-state index contributed by atoms with van der Waals surface area (Å²) in [7, 11) is 1.52. The van der Waals surface area contributed by atoms with E-state index in [0.29, 0.717) is 17.1 Å². The molecule has 0 saturated carbocycles. The number of nitrogens with zero attached hydrogens (tertiary/aromatic N) is 3. The van der Waals surface area contributed by atoms with Gasteiger partial charge in [0.15, 0.2) is 5.88 Å². The molecule has 1 aromatic carbocycles. The zero-order valence-corrected chi connectivity index (χ0v) is 16.3. The summed E-state index contributed by atoms with van der Waals surface area (Å²) in [6, 6.07) is 11.8. The zero-order chi connectivity index (χ0) is 18.2. The number of halogens is 1. The summed E-state index contributed by atoms with van der Waals surface area (Å²) in [5, 5.41) is 8.32. The van der Waals surface area contributed by atoms with Crippen LogP contribution in [0.4, 0.5) is 4.39 Å². The molecule has 0 aliphatic rings. The Balaban J connectivity index is 0.000000290. The molecule has 0 bridgehead atoms. The predicted octanol–water partition coefficient (Wildman–Crippen LogP) is 3.18. The van der Waals surface area contributed by atoms with Crippen molar-refractivity contribution in [3.05, 3.63) is 72.1 Å². The Labute approximate surface area is 163 Å². The average Bonchev–Trinajstić information content (AvgIpc) is 2.64. The molecule has 6 nitrogen and oxygen atoms in total. The average molecular weight is 533 g/mol. The van der Waals surface area contributed by atoms with Crippen molar-refractivity contribution >= 4 is 5.97 Å². The van der Waals surface area contributed by atoms with E-state index in [1.54, 1.807) is 24.4 Å². The van der Waals surface area contributed by atoms with Crippen LogP contribution in [0, 0.1) is 18.8 Å². The van der Waals surface area contributed by atoms with Gasteiger partial charge in [0.2, 0.25) is 0 Å². The van der Waals surface area contributed by atoms with E-state index in [4.69, 9.17) is 9.84 Å². The number of ether oxygens (including phenoxy) is 1. The maximum absolute atomic E-state index is 12.8. The summed E-state index contributed by atoms with van der Waals surface area (Å²) < 4.78 is 17.9. The van der Waals surface area contributed by atoms with Crippen LogP contribution < -0.4 is 4.74 Å². The van der Waals surface area contributed by atoms with Crippen LogP contribution in [0.25, 0.3) is 11.3 Å². The molecule has 0 spiro atoms. The van der Waals surface area contributed by atoms with E-state index in [2.05, 4.69) is 21.0 Å². The Bertz CT molecular complexity index is 846. The Morgan fingerprint density at radius 1 is 1.23 bits per heavy atom. The molecule has 0 fully saturated rings. The first-order valence-corrected chi connectivity index (χ1v) is 7.21. The van der Waals surface area contributed by atoms with Crippen molar-refractivity contribution in [2.45, 2.75) is 6.92 Å². The van der Waals surface area contributed by atoms with Crippen LogP contribution in [0.15, 0.2) is 48.8 Å². The summed E-state index contributed by atoms with van der Waals surface area (Å²) >= 11 is 0. The van der Waals surface area contributed by atoms with Gasteiger partial charge in [0.1, 0.15) is 5.69 Å². The van der Waals surface area contributed by atoms with E-state index in [1.807, 2.05) is 6.92 Å². The third-order valence-corrected chi connectivity index (χ3v) is 2.97. The van der Waals surface area contributed by atoms with E-state index in [9.17, 15) is 9.18 Å². The monoisotopic (exact) mass is 533 g/mol. The second-order valence-corrected chi connectivity index (χ2v) is 4.81. The number of hydrogen-bond acceptors (Lipinski definition) is 5. The van der Waals surface area contributed by atoms with Gasteiger partial charge >= 0.3 is 5.97 Å². The summed E-state index contributed by atoms with van der Waals surface area (Å²) in [4.78, 5) is 22.1. The summed E-state index contributed by atoms with van der Waals surface area (Å²) in [6.07, 6.45) is 3.08. The SMILES string of the molecule is COc1nc(C)cnc1-c1[c-]cc(F)cc1.O=C(O)c1ccccn1.[Ir]. The third-order valence-electron chi connectivity index (χ3n) is 2.97. The molecule has 0 saturated heterocycles. The van der Waals surface area contributed by atoms with Gasteiger partial charge in [0, 0.05) is 44.0 Å². The first-order valence-electron chi connectivity index (χ1n) is 7.21. The minimum Gasteiger partial charge on any atom is -0.486 e. The summed E-state index contributed by atoms with van der Waals surface area (Å²) in [5.74, 6) is -0.902. The van der Waals surface area contributed by atoms with Crippen LogP contribution in [0.3, 0.4) is 0 Å². The number of methoxy groups -OCH3 is 1. The second kappa shape index (κ2) is 10.3. The van der Waals surface area contributed by atoms with Crippen molar-refractivity contribution in [1.29, 1.82) is 0 Å². The van der Waals surface area contributed by atoms with Crippen molar-refractivity contribution < 1.29 is 39.1 Å². The summed E-state index contributed by atoms with van der Waals surface area (Å²) in [6.45, 7) is 1.83. The predicted molar refractivity (Wildman–Crippen MR) is 88.7 cm³/mol.